The maximum atomic E-state index is 13.0. The average Bonchev–Trinajstić information content (AvgIpc) is 2.88. The molecule has 0 atom stereocenters. The minimum Gasteiger partial charge on any atom is -0.508 e. The lowest BCUT2D eigenvalue weighted by molar-refractivity contribution is -0.122. The van der Waals surface area contributed by atoms with Crippen molar-refractivity contribution in [2.45, 2.75) is 0 Å². The van der Waals surface area contributed by atoms with Gasteiger partial charge < -0.3 is 19.9 Å². The molecule has 0 unspecified atom stereocenters. The monoisotopic (exact) mass is 521 g/mol. The van der Waals surface area contributed by atoms with E-state index in [9.17, 15) is 24.3 Å². The van der Waals surface area contributed by atoms with E-state index in [0.29, 0.717) is 16.3 Å². The molecule has 1 saturated heterocycles. The van der Waals surface area contributed by atoms with Gasteiger partial charge in [0.05, 0.1) is 23.5 Å². The molecule has 4 rings (SSSR count). The molecule has 3 aromatic rings. The predicted molar refractivity (Wildman–Crippen MR) is 136 cm³/mol. The highest BCUT2D eigenvalue weighted by Gasteiger charge is 2.36. The zero-order valence-corrected chi connectivity index (χ0v) is 20.1. The largest absolute Gasteiger partial charge is 0.508 e. The fourth-order valence-corrected chi connectivity index (χ4v) is 3.63. The molecule has 10 nitrogen and oxygen atoms in total. The first-order valence-electron chi connectivity index (χ1n) is 10.8. The number of amides is 5. The summed E-state index contributed by atoms with van der Waals surface area (Å²) in [5.41, 5.74) is 0.739. The number of ether oxygens (including phenoxy) is 2. The fraction of sp³-hybridized carbons (Fsp3) is 0.0769. The van der Waals surface area contributed by atoms with Crippen molar-refractivity contribution < 1.29 is 33.8 Å². The third-order valence-corrected chi connectivity index (χ3v) is 5.54. The Morgan fingerprint density at radius 3 is 2.49 bits per heavy atom. The number of benzene rings is 3. The van der Waals surface area contributed by atoms with Crippen molar-refractivity contribution in [2.75, 3.05) is 23.9 Å². The van der Waals surface area contributed by atoms with Gasteiger partial charge in [-0.3, -0.25) is 19.7 Å². The first kappa shape index (κ1) is 25.3. The number of nitrogens with one attached hydrogen (secondary N) is 2. The van der Waals surface area contributed by atoms with Crippen LogP contribution in [0.15, 0.2) is 72.3 Å². The zero-order valence-electron chi connectivity index (χ0n) is 19.4. The summed E-state index contributed by atoms with van der Waals surface area (Å²) in [5.74, 6) is -1.69. The van der Waals surface area contributed by atoms with E-state index in [1.807, 2.05) is 0 Å². The maximum Gasteiger partial charge on any atom is 0.335 e. The van der Waals surface area contributed by atoms with Crippen LogP contribution in [-0.2, 0) is 14.4 Å². The van der Waals surface area contributed by atoms with Crippen molar-refractivity contribution in [2.24, 2.45) is 0 Å². The summed E-state index contributed by atoms with van der Waals surface area (Å²) in [5, 5.41) is 14.6. The van der Waals surface area contributed by atoms with Gasteiger partial charge in [-0.2, -0.15) is 0 Å². The molecule has 1 fully saturated rings. The fourth-order valence-electron chi connectivity index (χ4n) is 3.45. The summed E-state index contributed by atoms with van der Waals surface area (Å²) in [4.78, 5) is 50.8. The zero-order chi connectivity index (χ0) is 26.5. The number of carbonyl (C=O) groups excluding carboxylic acids is 4. The molecule has 0 spiro atoms. The Balaban J connectivity index is 1.51. The van der Waals surface area contributed by atoms with Gasteiger partial charge in [0.15, 0.2) is 18.1 Å². The smallest absolute Gasteiger partial charge is 0.335 e. The molecule has 11 heteroatoms. The number of phenols is 1. The molecule has 0 aromatic heterocycles. The molecule has 3 aromatic carbocycles. The average molecular weight is 522 g/mol. The van der Waals surface area contributed by atoms with E-state index in [-0.39, 0.29) is 35.1 Å². The van der Waals surface area contributed by atoms with Crippen LogP contribution in [0.3, 0.4) is 0 Å². The lowest BCUT2D eigenvalue weighted by Crippen LogP contribution is -2.54. The Morgan fingerprint density at radius 1 is 1.05 bits per heavy atom. The van der Waals surface area contributed by atoms with Crippen molar-refractivity contribution >= 4 is 52.8 Å². The summed E-state index contributed by atoms with van der Waals surface area (Å²) >= 11 is 6.04. The molecule has 5 amide bonds. The Bertz CT molecular complexity index is 1420. The van der Waals surface area contributed by atoms with Gasteiger partial charge in [0.1, 0.15) is 11.3 Å². The van der Waals surface area contributed by atoms with Gasteiger partial charge in [-0.15, -0.1) is 0 Å². The Labute approximate surface area is 216 Å². The first-order chi connectivity index (χ1) is 17.8. The number of imide groups is 2. The Morgan fingerprint density at radius 2 is 1.78 bits per heavy atom. The lowest BCUT2D eigenvalue weighted by atomic mass is 10.1. The van der Waals surface area contributed by atoms with Crippen molar-refractivity contribution in [3.05, 3.63) is 82.9 Å². The number of hydrogen-bond donors (Lipinski definition) is 3. The molecule has 3 N–H and O–H groups in total. The minimum atomic E-state index is -0.908. The van der Waals surface area contributed by atoms with Crippen LogP contribution in [0.1, 0.15) is 5.56 Å². The maximum absolute atomic E-state index is 13.0. The highest BCUT2D eigenvalue weighted by molar-refractivity contribution is 6.39. The van der Waals surface area contributed by atoms with E-state index >= 15 is 0 Å². The summed E-state index contributed by atoms with van der Waals surface area (Å²) in [6.45, 7) is -0.327. The minimum absolute atomic E-state index is 0.0452. The quantitative estimate of drug-likeness (QED) is 0.318. The number of aromatic hydroxyl groups is 1. The number of halogens is 1. The third-order valence-electron chi connectivity index (χ3n) is 5.21. The standard InChI is InChI=1S/C26H20ClN3O7/c1-36-22-13-15(6-11-21(22)37-14-23(32)28-20-5-3-2-4-19(20)27)12-18-24(33)29-26(35)30(25(18)34)16-7-9-17(31)10-8-16/h2-13,31H,14H2,1H3,(H,28,32)(H,29,33,35)/b18-12-. The number of hydrogen-bond acceptors (Lipinski definition) is 7. The molecule has 1 heterocycles. The van der Waals surface area contributed by atoms with Gasteiger partial charge in [-0.1, -0.05) is 29.8 Å². The molecule has 0 radical (unpaired) electrons. The summed E-state index contributed by atoms with van der Waals surface area (Å²) < 4.78 is 10.9. The molecular weight excluding hydrogens is 502 g/mol. The van der Waals surface area contributed by atoms with Crippen molar-refractivity contribution in [1.82, 2.24) is 5.32 Å². The van der Waals surface area contributed by atoms with Crippen LogP contribution in [0.25, 0.3) is 6.08 Å². The van der Waals surface area contributed by atoms with E-state index in [4.69, 9.17) is 21.1 Å². The number of urea groups is 1. The Hall–Kier alpha value is -4.83. The summed E-state index contributed by atoms with van der Waals surface area (Å²) in [6.07, 6.45) is 1.30. The molecule has 0 bridgehead atoms. The number of barbiturate groups is 1. The molecular formula is C26H20ClN3O7. The second-order valence-corrected chi connectivity index (χ2v) is 8.11. The molecule has 1 aliphatic heterocycles. The van der Waals surface area contributed by atoms with Gasteiger partial charge in [0.25, 0.3) is 17.7 Å². The number of rotatable bonds is 7. The second-order valence-electron chi connectivity index (χ2n) is 7.70. The van der Waals surface area contributed by atoms with Gasteiger partial charge in [-0.25, -0.2) is 9.69 Å². The lowest BCUT2D eigenvalue weighted by Gasteiger charge is -2.26. The van der Waals surface area contributed by atoms with Crippen LogP contribution in [0.4, 0.5) is 16.2 Å². The molecule has 0 saturated carbocycles. The second kappa shape index (κ2) is 10.8. The van der Waals surface area contributed by atoms with Gasteiger partial charge in [0.2, 0.25) is 0 Å². The molecule has 0 aliphatic carbocycles. The van der Waals surface area contributed by atoms with E-state index in [1.165, 1.54) is 49.6 Å². The number of anilines is 2. The van der Waals surface area contributed by atoms with Crippen LogP contribution in [0.5, 0.6) is 17.2 Å². The van der Waals surface area contributed by atoms with E-state index in [2.05, 4.69) is 10.6 Å². The van der Waals surface area contributed by atoms with Crippen LogP contribution in [-0.4, -0.2) is 42.6 Å². The predicted octanol–water partition coefficient (Wildman–Crippen LogP) is 3.74. The van der Waals surface area contributed by atoms with Crippen LogP contribution < -0.4 is 25.0 Å². The van der Waals surface area contributed by atoms with Crippen molar-refractivity contribution in [3.63, 3.8) is 0 Å². The van der Waals surface area contributed by atoms with Crippen molar-refractivity contribution in [1.29, 1.82) is 0 Å². The number of nitrogens with zero attached hydrogens (tertiary/aromatic N) is 1. The number of methoxy groups -OCH3 is 1. The molecule has 37 heavy (non-hydrogen) atoms. The van der Waals surface area contributed by atoms with E-state index < -0.39 is 23.8 Å². The Kier molecular flexibility index (Phi) is 7.40. The van der Waals surface area contributed by atoms with Gasteiger partial charge in [0, 0.05) is 0 Å². The number of phenolic OH excluding ortho intramolecular Hbond substituents is 1. The SMILES string of the molecule is COc1cc(/C=C2/C(=O)NC(=O)N(c3ccc(O)cc3)C2=O)ccc1OCC(=O)Nc1ccccc1Cl. The van der Waals surface area contributed by atoms with Crippen LogP contribution in [0, 0.1) is 0 Å². The van der Waals surface area contributed by atoms with Gasteiger partial charge in [-0.05, 0) is 60.2 Å². The topological polar surface area (TPSA) is 134 Å². The normalized spacial score (nSPS) is 14.4. The van der Waals surface area contributed by atoms with Crippen molar-refractivity contribution in [3.8, 4) is 17.2 Å². The summed E-state index contributed by atoms with van der Waals surface area (Å²) in [7, 11) is 1.40. The first-order valence-corrected chi connectivity index (χ1v) is 11.2. The molecule has 188 valence electrons. The number of carbonyl (C=O) groups is 4. The van der Waals surface area contributed by atoms with Gasteiger partial charge >= 0.3 is 6.03 Å². The number of para-hydroxylation sites is 1. The highest BCUT2D eigenvalue weighted by atomic mass is 35.5. The highest BCUT2D eigenvalue weighted by Crippen LogP contribution is 2.30. The van der Waals surface area contributed by atoms with Crippen LogP contribution >= 0.6 is 11.6 Å². The van der Waals surface area contributed by atoms with E-state index in [1.54, 1.807) is 30.3 Å². The van der Waals surface area contributed by atoms with E-state index in [0.717, 1.165) is 4.90 Å². The van der Waals surface area contributed by atoms with Crippen LogP contribution in [0.2, 0.25) is 5.02 Å². The molecule has 1 aliphatic rings. The third kappa shape index (κ3) is 5.71. The summed E-state index contributed by atoms with van der Waals surface area (Å²) in [6, 6.07) is 15.8.